The monoisotopic (exact) mass is 325 g/mol. The first kappa shape index (κ1) is 16.7. The van der Waals surface area contributed by atoms with E-state index in [0.29, 0.717) is 18.4 Å². The quantitative estimate of drug-likeness (QED) is 0.771. The lowest BCUT2D eigenvalue weighted by atomic mass is 9.86. The van der Waals surface area contributed by atoms with Crippen molar-refractivity contribution in [2.24, 2.45) is 5.92 Å². The number of hydrogen-bond donors (Lipinski definition) is 1. The number of benzene rings is 1. The van der Waals surface area contributed by atoms with Crippen LogP contribution in [0.4, 0.5) is 0 Å². The van der Waals surface area contributed by atoms with E-state index in [2.05, 4.69) is 18.3 Å². The molecule has 0 bridgehead atoms. The predicted molar refractivity (Wildman–Crippen MR) is 91.8 cm³/mol. The number of nitrogens with one attached hydrogen (secondary N) is 1. The highest BCUT2D eigenvalue weighted by molar-refractivity contribution is 7.98. The maximum absolute atomic E-state index is 12.0. The number of hydrogen-bond acceptors (Lipinski definition) is 2. The minimum atomic E-state index is 0.201. The molecular formula is C17H24ClNOS. The van der Waals surface area contributed by atoms with Crippen LogP contribution >= 0.6 is 23.4 Å². The van der Waals surface area contributed by atoms with E-state index in [9.17, 15) is 4.79 Å². The van der Waals surface area contributed by atoms with E-state index in [0.717, 1.165) is 22.9 Å². The zero-order valence-electron chi connectivity index (χ0n) is 12.6. The number of rotatable bonds is 6. The first-order chi connectivity index (χ1) is 10.1. The lowest BCUT2D eigenvalue weighted by molar-refractivity contribution is -0.121. The maximum atomic E-state index is 12.0. The standard InChI is InChI=1S/C17H24ClNOS/c1-13-5-2-3-8-16(13)19-17(20)9-10-21-12-14-6-4-7-15(18)11-14/h4,6-7,11,13,16H,2-3,5,8-10,12H2,1H3,(H,19,20)/t13-,16-/m0/s1. The van der Waals surface area contributed by atoms with E-state index in [-0.39, 0.29) is 5.91 Å². The molecule has 116 valence electrons. The van der Waals surface area contributed by atoms with Crippen molar-refractivity contribution >= 4 is 29.3 Å². The van der Waals surface area contributed by atoms with Crippen LogP contribution in [-0.4, -0.2) is 17.7 Å². The molecule has 1 aliphatic rings. The molecule has 1 aromatic carbocycles. The topological polar surface area (TPSA) is 29.1 Å². The molecule has 1 N–H and O–H groups in total. The average Bonchev–Trinajstić information content (AvgIpc) is 2.46. The summed E-state index contributed by atoms with van der Waals surface area (Å²) < 4.78 is 0. The van der Waals surface area contributed by atoms with E-state index in [1.165, 1.54) is 24.8 Å². The fourth-order valence-corrected chi connectivity index (χ4v) is 3.89. The third-order valence-corrected chi connectivity index (χ3v) is 5.35. The summed E-state index contributed by atoms with van der Waals surface area (Å²) in [5, 5.41) is 3.98. The van der Waals surface area contributed by atoms with Gasteiger partial charge in [-0.05, 0) is 36.5 Å². The minimum absolute atomic E-state index is 0.201. The lowest BCUT2D eigenvalue weighted by Crippen LogP contribution is -2.41. The number of thioether (sulfide) groups is 1. The smallest absolute Gasteiger partial charge is 0.221 e. The summed E-state index contributed by atoms with van der Waals surface area (Å²) in [5.41, 5.74) is 1.22. The minimum Gasteiger partial charge on any atom is -0.353 e. The van der Waals surface area contributed by atoms with Crippen LogP contribution in [-0.2, 0) is 10.5 Å². The molecule has 0 saturated heterocycles. The molecule has 0 aliphatic heterocycles. The Kier molecular flexibility index (Phi) is 6.91. The third kappa shape index (κ3) is 5.91. The zero-order valence-corrected chi connectivity index (χ0v) is 14.2. The van der Waals surface area contributed by atoms with Crippen LogP contribution in [0.2, 0.25) is 5.02 Å². The van der Waals surface area contributed by atoms with Gasteiger partial charge in [-0.3, -0.25) is 4.79 Å². The van der Waals surface area contributed by atoms with Gasteiger partial charge in [-0.15, -0.1) is 0 Å². The zero-order chi connectivity index (χ0) is 15.1. The lowest BCUT2D eigenvalue weighted by Gasteiger charge is -2.29. The number of amides is 1. The third-order valence-electron chi connectivity index (χ3n) is 4.09. The summed E-state index contributed by atoms with van der Waals surface area (Å²) in [5.74, 6) is 2.60. The number of carbonyl (C=O) groups excluding carboxylic acids is 1. The van der Waals surface area contributed by atoms with Gasteiger partial charge in [-0.25, -0.2) is 0 Å². The Morgan fingerprint density at radius 2 is 2.19 bits per heavy atom. The molecule has 2 nitrogen and oxygen atoms in total. The van der Waals surface area contributed by atoms with Gasteiger partial charge >= 0.3 is 0 Å². The summed E-state index contributed by atoms with van der Waals surface area (Å²) in [4.78, 5) is 12.0. The average molecular weight is 326 g/mol. The fraction of sp³-hybridized carbons (Fsp3) is 0.588. The molecule has 2 rings (SSSR count). The van der Waals surface area contributed by atoms with Crippen molar-refractivity contribution in [2.75, 3.05) is 5.75 Å². The van der Waals surface area contributed by atoms with Gasteiger partial charge in [-0.1, -0.05) is 43.5 Å². The van der Waals surface area contributed by atoms with Gasteiger partial charge < -0.3 is 5.32 Å². The van der Waals surface area contributed by atoms with Gasteiger partial charge in [0.25, 0.3) is 0 Å². The van der Waals surface area contributed by atoms with Crippen molar-refractivity contribution in [1.82, 2.24) is 5.32 Å². The molecule has 21 heavy (non-hydrogen) atoms. The van der Waals surface area contributed by atoms with Crippen molar-refractivity contribution in [2.45, 2.75) is 50.8 Å². The second-order valence-corrected chi connectivity index (χ2v) is 7.41. The highest BCUT2D eigenvalue weighted by atomic mass is 35.5. The van der Waals surface area contributed by atoms with E-state index in [1.807, 2.05) is 18.2 Å². The van der Waals surface area contributed by atoms with Crippen molar-refractivity contribution < 1.29 is 4.79 Å². The number of halogens is 1. The fourth-order valence-electron chi connectivity index (χ4n) is 2.79. The summed E-state index contributed by atoms with van der Waals surface area (Å²) in [6.07, 6.45) is 5.55. The van der Waals surface area contributed by atoms with Crippen LogP contribution in [0.3, 0.4) is 0 Å². The summed E-state index contributed by atoms with van der Waals surface area (Å²) in [7, 11) is 0. The predicted octanol–water partition coefficient (Wildman–Crippen LogP) is 4.66. The molecule has 1 aliphatic carbocycles. The molecule has 2 atom stereocenters. The van der Waals surface area contributed by atoms with Crippen LogP contribution in [0, 0.1) is 5.92 Å². The molecule has 0 aromatic heterocycles. The van der Waals surface area contributed by atoms with Crippen molar-refractivity contribution in [3.63, 3.8) is 0 Å². The highest BCUT2D eigenvalue weighted by Crippen LogP contribution is 2.24. The van der Waals surface area contributed by atoms with Crippen LogP contribution < -0.4 is 5.32 Å². The summed E-state index contributed by atoms with van der Waals surface area (Å²) >= 11 is 7.74. The Morgan fingerprint density at radius 1 is 1.38 bits per heavy atom. The molecule has 1 amide bonds. The van der Waals surface area contributed by atoms with Gasteiger partial charge in [0.15, 0.2) is 0 Å². The van der Waals surface area contributed by atoms with Crippen molar-refractivity contribution in [3.8, 4) is 0 Å². The SMILES string of the molecule is C[C@H]1CCCC[C@@H]1NC(=O)CCSCc1cccc(Cl)c1. The van der Waals surface area contributed by atoms with Gasteiger partial charge in [0.2, 0.25) is 5.91 Å². The van der Waals surface area contributed by atoms with E-state index < -0.39 is 0 Å². The Hall–Kier alpha value is -0.670. The summed E-state index contributed by atoms with van der Waals surface area (Å²) in [6, 6.07) is 8.30. The molecule has 0 heterocycles. The first-order valence-electron chi connectivity index (χ1n) is 7.76. The molecule has 1 fully saturated rings. The Morgan fingerprint density at radius 3 is 2.95 bits per heavy atom. The van der Waals surface area contributed by atoms with Crippen LogP contribution in [0.1, 0.15) is 44.6 Å². The largest absolute Gasteiger partial charge is 0.353 e. The second-order valence-electron chi connectivity index (χ2n) is 5.87. The first-order valence-corrected chi connectivity index (χ1v) is 9.30. The van der Waals surface area contributed by atoms with Crippen LogP contribution in [0.15, 0.2) is 24.3 Å². The van der Waals surface area contributed by atoms with Gasteiger partial charge in [0.05, 0.1) is 0 Å². The molecule has 0 radical (unpaired) electrons. The normalized spacial score (nSPS) is 22.0. The molecule has 0 unspecified atom stereocenters. The van der Waals surface area contributed by atoms with E-state index >= 15 is 0 Å². The Labute approximate surface area is 137 Å². The van der Waals surface area contributed by atoms with Gasteiger partial charge in [-0.2, -0.15) is 11.8 Å². The van der Waals surface area contributed by atoms with Crippen molar-refractivity contribution in [1.29, 1.82) is 0 Å². The van der Waals surface area contributed by atoms with Gasteiger partial charge in [0, 0.05) is 29.0 Å². The molecule has 1 saturated carbocycles. The maximum Gasteiger partial charge on any atom is 0.221 e. The second kappa shape index (κ2) is 8.70. The Bertz CT molecular complexity index is 466. The van der Waals surface area contributed by atoms with Crippen LogP contribution in [0.25, 0.3) is 0 Å². The Balaban J connectivity index is 1.63. The molecule has 0 spiro atoms. The van der Waals surface area contributed by atoms with E-state index in [1.54, 1.807) is 11.8 Å². The van der Waals surface area contributed by atoms with Crippen LogP contribution in [0.5, 0.6) is 0 Å². The molecule has 4 heteroatoms. The van der Waals surface area contributed by atoms with Crippen molar-refractivity contribution in [3.05, 3.63) is 34.9 Å². The summed E-state index contributed by atoms with van der Waals surface area (Å²) in [6.45, 7) is 2.25. The highest BCUT2D eigenvalue weighted by Gasteiger charge is 2.22. The molecule has 1 aromatic rings. The molecular weight excluding hydrogens is 302 g/mol. The van der Waals surface area contributed by atoms with E-state index in [4.69, 9.17) is 11.6 Å². The van der Waals surface area contributed by atoms with Gasteiger partial charge in [0.1, 0.15) is 0 Å². The number of carbonyl (C=O) groups is 1.